The molecule has 54 heavy (non-hydrogen) atoms. The van der Waals surface area contributed by atoms with Crippen LogP contribution in [0.5, 0.6) is 0 Å². The van der Waals surface area contributed by atoms with Crippen molar-refractivity contribution in [3.63, 3.8) is 0 Å². The number of hydrogen-bond donors (Lipinski definition) is 4. The molecule has 0 aromatic heterocycles. The van der Waals surface area contributed by atoms with Crippen LogP contribution in [0.4, 0.5) is 0 Å². The third-order valence-corrected chi connectivity index (χ3v) is 8.31. The minimum atomic E-state index is -0.914. The van der Waals surface area contributed by atoms with Crippen molar-refractivity contribution in [2.75, 3.05) is 53.6 Å². The number of piperazine rings is 1. The van der Waals surface area contributed by atoms with Crippen molar-refractivity contribution in [1.82, 2.24) is 30.7 Å². The summed E-state index contributed by atoms with van der Waals surface area (Å²) in [6.07, 6.45) is 5.14. The molecule has 0 aromatic rings. The average molecular weight is 808 g/mol. The summed E-state index contributed by atoms with van der Waals surface area (Å²) in [7, 11) is 3.34. The van der Waals surface area contributed by atoms with Crippen molar-refractivity contribution in [3.8, 4) is 0 Å². The summed E-state index contributed by atoms with van der Waals surface area (Å²) in [5.41, 5.74) is 1.62. The van der Waals surface area contributed by atoms with E-state index in [9.17, 15) is 44.4 Å². The van der Waals surface area contributed by atoms with E-state index in [-0.39, 0.29) is 124 Å². The van der Waals surface area contributed by atoms with Gasteiger partial charge in [-0.2, -0.15) is 0 Å². The standard InChI is InChI=1S/C35H55N6O12.Fe/c1-24(12-18-42)21-30(44)39(50)15-6-9-27-33(47)37-28(34(48)36-27)10-7-16-40(51)32(46)23-26(3)14-20-53-35(49)29(38(4)5)11-8-17-41(52)31(45)22-25(2)13-19-43;/h21-23,27-29,42-43H,6-20H2,1-5H3,(H,36,48)(H,37,47);/q-3;+3/b24-21-,25-22+,26-23-;. The number of hydrogen-bond acceptors (Lipinski definition) is 13. The number of nitrogens with zero attached hydrogens (tertiary/aromatic N) is 4. The first-order valence-electron chi connectivity index (χ1n) is 17.6. The summed E-state index contributed by atoms with van der Waals surface area (Å²) in [6, 6.07) is -2.49. The van der Waals surface area contributed by atoms with E-state index in [4.69, 9.17) is 14.9 Å². The molecular formula is C35H55FeN6O12. The number of carbonyl (C=O) groups excluding carboxylic acids is 6. The van der Waals surface area contributed by atoms with E-state index in [1.165, 1.54) is 6.08 Å². The van der Waals surface area contributed by atoms with Crippen LogP contribution in [-0.4, -0.2) is 137 Å². The van der Waals surface area contributed by atoms with Crippen LogP contribution in [0.3, 0.4) is 0 Å². The van der Waals surface area contributed by atoms with Gasteiger partial charge in [0.2, 0.25) is 29.5 Å². The van der Waals surface area contributed by atoms with Crippen molar-refractivity contribution in [2.24, 2.45) is 0 Å². The SMILES string of the molecule is C/C(=C/C(=O)N([O-])CCCC1NC(=O)C(CCCN([O-])C(=O)/C=C(/C)CCOC(=O)C(CCCN([O-])C(=O)/C=C(\C)CCO)N(C)C)NC1=O)CCO.[Fe+3]. The Kier molecular flexibility index (Phi) is 25.1. The number of esters is 1. The first-order chi connectivity index (χ1) is 25.0. The summed E-state index contributed by atoms with van der Waals surface area (Å²) >= 11 is 0. The third kappa shape index (κ3) is 19.6. The Morgan fingerprint density at radius 2 is 1.07 bits per heavy atom. The van der Waals surface area contributed by atoms with Crippen molar-refractivity contribution >= 4 is 35.5 Å². The van der Waals surface area contributed by atoms with E-state index in [2.05, 4.69) is 10.6 Å². The predicted molar refractivity (Wildman–Crippen MR) is 195 cm³/mol. The largest absolute Gasteiger partial charge is 3.00 e. The number of carbonyl (C=O) groups is 6. The van der Waals surface area contributed by atoms with Crippen LogP contribution in [-0.2, 0) is 50.6 Å². The molecule has 3 unspecified atom stereocenters. The smallest absolute Gasteiger partial charge is 0.756 e. The van der Waals surface area contributed by atoms with Gasteiger partial charge in [0.1, 0.15) is 18.1 Å². The first kappa shape index (κ1) is 50.3. The maximum absolute atomic E-state index is 12.7. The molecule has 1 aliphatic rings. The summed E-state index contributed by atoms with van der Waals surface area (Å²) in [5.74, 6) is -3.83. The van der Waals surface area contributed by atoms with Gasteiger partial charge in [0.15, 0.2) is 0 Å². The topological polar surface area (TPSA) is 258 Å². The molecule has 0 bridgehead atoms. The zero-order valence-corrected chi connectivity index (χ0v) is 32.8. The second-order valence-corrected chi connectivity index (χ2v) is 13.2. The van der Waals surface area contributed by atoms with E-state index in [0.29, 0.717) is 21.8 Å². The Hall–Kier alpha value is -3.68. The number of likely N-dealkylation sites (N-methyl/N-ethyl adjacent to an activating group) is 1. The fourth-order valence-corrected chi connectivity index (χ4v) is 5.13. The van der Waals surface area contributed by atoms with Gasteiger partial charge in [-0.3, -0.25) is 33.7 Å². The van der Waals surface area contributed by atoms with Crippen LogP contribution < -0.4 is 10.6 Å². The summed E-state index contributed by atoms with van der Waals surface area (Å²) in [6.45, 7) is 3.96. The number of ether oxygens (including phenoxy) is 1. The molecule has 1 fully saturated rings. The van der Waals surface area contributed by atoms with Crippen molar-refractivity contribution in [2.45, 2.75) is 96.7 Å². The Balaban J connectivity index is 0.0000281. The van der Waals surface area contributed by atoms with Gasteiger partial charge in [-0.05, 0) is 86.2 Å². The molecule has 305 valence electrons. The van der Waals surface area contributed by atoms with Gasteiger partial charge >= 0.3 is 23.0 Å². The summed E-state index contributed by atoms with van der Waals surface area (Å²) in [5, 5.41) is 60.2. The van der Waals surface area contributed by atoms with Crippen LogP contribution in [0.15, 0.2) is 34.9 Å². The van der Waals surface area contributed by atoms with Crippen LogP contribution in [0.2, 0.25) is 0 Å². The van der Waals surface area contributed by atoms with Crippen LogP contribution in [0, 0.1) is 15.6 Å². The molecule has 18 nitrogen and oxygen atoms in total. The molecular weight excluding hydrogens is 752 g/mol. The Labute approximate surface area is 327 Å². The number of amides is 5. The molecule has 19 heteroatoms. The normalized spacial score (nSPS) is 16.9. The molecule has 0 saturated carbocycles. The molecule has 1 saturated heterocycles. The second kappa shape index (κ2) is 27.0. The fraction of sp³-hybridized carbons (Fsp3) is 0.657. The molecule has 5 amide bonds. The first-order valence-corrected chi connectivity index (χ1v) is 17.6. The van der Waals surface area contributed by atoms with E-state index in [1.807, 2.05) is 0 Å². The molecule has 1 radical (unpaired) electrons. The molecule has 1 rings (SSSR count). The molecule has 1 aliphatic heterocycles. The quantitative estimate of drug-likeness (QED) is 0.0455. The molecule has 0 aromatic carbocycles. The molecule has 0 spiro atoms. The predicted octanol–water partition coefficient (Wildman–Crippen LogP) is 0.754. The van der Waals surface area contributed by atoms with E-state index in [1.54, 1.807) is 39.8 Å². The zero-order valence-electron chi connectivity index (χ0n) is 31.7. The summed E-state index contributed by atoms with van der Waals surface area (Å²) < 4.78 is 5.36. The maximum Gasteiger partial charge on any atom is 3.00 e. The number of rotatable bonds is 24. The van der Waals surface area contributed by atoms with Gasteiger partial charge in [0.25, 0.3) is 0 Å². The third-order valence-electron chi connectivity index (χ3n) is 8.31. The maximum atomic E-state index is 12.7. The van der Waals surface area contributed by atoms with Crippen LogP contribution in [0.1, 0.15) is 78.6 Å². The van der Waals surface area contributed by atoms with Gasteiger partial charge in [0, 0.05) is 57.5 Å². The van der Waals surface area contributed by atoms with Gasteiger partial charge in [-0.1, -0.05) is 16.7 Å². The van der Waals surface area contributed by atoms with Crippen molar-refractivity contribution in [1.29, 1.82) is 0 Å². The second-order valence-electron chi connectivity index (χ2n) is 13.2. The minimum Gasteiger partial charge on any atom is -0.756 e. The monoisotopic (exact) mass is 807 g/mol. The zero-order chi connectivity index (χ0) is 40.1. The Bertz CT molecular complexity index is 1340. The number of aliphatic hydroxyl groups excluding tert-OH is 2. The minimum absolute atomic E-state index is 0. The number of nitrogens with one attached hydrogen (secondary N) is 2. The number of hydroxylamine groups is 6. The van der Waals surface area contributed by atoms with Crippen molar-refractivity contribution in [3.05, 3.63) is 50.6 Å². The molecule has 1 heterocycles. The van der Waals surface area contributed by atoms with E-state index >= 15 is 0 Å². The molecule has 3 atom stereocenters. The fourth-order valence-electron chi connectivity index (χ4n) is 5.13. The molecule has 4 N–H and O–H groups in total. The van der Waals surface area contributed by atoms with Gasteiger partial charge in [0.05, 0.1) is 6.61 Å². The molecule has 0 aliphatic carbocycles. The average Bonchev–Trinajstić information content (AvgIpc) is 3.08. The Morgan fingerprint density at radius 1 is 0.704 bits per heavy atom. The van der Waals surface area contributed by atoms with E-state index < -0.39 is 53.6 Å². The van der Waals surface area contributed by atoms with Gasteiger partial charge in [-0.15, -0.1) is 0 Å². The number of aliphatic hydroxyl groups is 2. The van der Waals surface area contributed by atoms with Crippen molar-refractivity contribution < 1.29 is 60.8 Å². The van der Waals surface area contributed by atoms with Crippen LogP contribution >= 0.6 is 0 Å². The van der Waals surface area contributed by atoms with Crippen LogP contribution in [0.25, 0.3) is 0 Å². The Morgan fingerprint density at radius 3 is 1.44 bits per heavy atom. The van der Waals surface area contributed by atoms with Gasteiger partial charge < -0.3 is 56.4 Å². The van der Waals surface area contributed by atoms with E-state index in [0.717, 1.165) is 12.2 Å². The summed E-state index contributed by atoms with van der Waals surface area (Å²) in [4.78, 5) is 75.7. The van der Waals surface area contributed by atoms with Gasteiger partial charge in [-0.25, -0.2) is 0 Å².